The number of hydrogen-bond donors (Lipinski definition) is 1. The maximum absolute atomic E-state index is 3.67. The van der Waals surface area contributed by atoms with Crippen LogP contribution in [0.1, 0.15) is 52.9 Å². The van der Waals surface area contributed by atoms with Gasteiger partial charge in [0.25, 0.3) is 0 Å². The van der Waals surface area contributed by atoms with E-state index in [-0.39, 0.29) is 0 Å². The van der Waals surface area contributed by atoms with Crippen LogP contribution in [-0.2, 0) is 0 Å². The third kappa shape index (κ3) is 1.32. The highest BCUT2D eigenvalue weighted by Crippen LogP contribution is 2.57. The molecule has 0 aromatic rings. The Bertz CT molecular complexity index is 195. The molecule has 1 nitrogen and oxygen atoms in total. The van der Waals surface area contributed by atoms with E-state index < -0.39 is 0 Å². The van der Waals surface area contributed by atoms with Gasteiger partial charge in [0.1, 0.15) is 0 Å². The van der Waals surface area contributed by atoms with Crippen LogP contribution < -0.4 is 5.32 Å². The van der Waals surface area contributed by atoms with Crippen molar-refractivity contribution in [3.8, 4) is 0 Å². The van der Waals surface area contributed by atoms with Crippen molar-refractivity contribution < 1.29 is 0 Å². The first kappa shape index (κ1) is 9.51. The topological polar surface area (TPSA) is 12.0 Å². The quantitative estimate of drug-likeness (QED) is 0.690. The first-order valence-corrected chi connectivity index (χ1v) is 5.83. The molecule has 76 valence electrons. The van der Waals surface area contributed by atoms with Crippen LogP contribution in [0.25, 0.3) is 0 Å². The molecule has 2 fully saturated rings. The highest BCUT2D eigenvalue weighted by Gasteiger charge is 2.51. The SMILES string of the molecule is CC[C@@H]1C[C@@](C)(C2(C)CCC2)CN1. The Kier molecular flexibility index (Phi) is 2.18. The van der Waals surface area contributed by atoms with Gasteiger partial charge in [0.05, 0.1) is 0 Å². The summed E-state index contributed by atoms with van der Waals surface area (Å²) in [6, 6.07) is 0.794. The van der Waals surface area contributed by atoms with Gasteiger partial charge in [-0.25, -0.2) is 0 Å². The van der Waals surface area contributed by atoms with Crippen molar-refractivity contribution in [2.75, 3.05) is 6.54 Å². The second-order valence-electron chi connectivity index (χ2n) is 5.67. The molecule has 2 aliphatic rings. The second-order valence-corrected chi connectivity index (χ2v) is 5.67. The van der Waals surface area contributed by atoms with Crippen LogP contribution >= 0.6 is 0 Å². The minimum atomic E-state index is 0.589. The predicted octanol–water partition coefficient (Wildman–Crippen LogP) is 2.95. The molecular formula is C12H23N. The van der Waals surface area contributed by atoms with Gasteiger partial charge in [0.15, 0.2) is 0 Å². The fourth-order valence-corrected chi connectivity index (χ4v) is 3.12. The molecule has 0 bridgehead atoms. The molecule has 0 radical (unpaired) electrons. The highest BCUT2D eigenvalue weighted by molar-refractivity contribution is 5.04. The Hall–Kier alpha value is -0.0400. The molecule has 1 aliphatic heterocycles. The number of rotatable bonds is 2. The van der Waals surface area contributed by atoms with Crippen molar-refractivity contribution in [3.05, 3.63) is 0 Å². The normalized spacial score (nSPS) is 43.2. The Morgan fingerprint density at radius 3 is 2.31 bits per heavy atom. The standard InChI is InChI=1S/C12H23N/c1-4-10-8-12(3,9-13-10)11(2)6-5-7-11/h10,13H,4-9H2,1-3H3/t10-,12-/m1/s1. The smallest absolute Gasteiger partial charge is 0.00705 e. The van der Waals surface area contributed by atoms with E-state index in [1.165, 1.54) is 38.6 Å². The summed E-state index contributed by atoms with van der Waals surface area (Å²) in [4.78, 5) is 0. The lowest BCUT2D eigenvalue weighted by molar-refractivity contribution is 0.00247. The zero-order valence-electron chi connectivity index (χ0n) is 9.32. The first-order chi connectivity index (χ1) is 6.10. The summed E-state index contributed by atoms with van der Waals surface area (Å²) in [5.41, 5.74) is 1.25. The molecule has 1 aliphatic carbocycles. The highest BCUT2D eigenvalue weighted by atomic mass is 15.0. The molecule has 1 N–H and O–H groups in total. The number of nitrogens with one attached hydrogen (secondary N) is 1. The van der Waals surface area contributed by atoms with E-state index in [9.17, 15) is 0 Å². The van der Waals surface area contributed by atoms with Crippen LogP contribution in [-0.4, -0.2) is 12.6 Å². The van der Waals surface area contributed by atoms with Crippen LogP contribution in [0.15, 0.2) is 0 Å². The van der Waals surface area contributed by atoms with Gasteiger partial charge in [-0.2, -0.15) is 0 Å². The van der Waals surface area contributed by atoms with Gasteiger partial charge >= 0.3 is 0 Å². The zero-order valence-corrected chi connectivity index (χ0v) is 9.32. The van der Waals surface area contributed by atoms with E-state index in [0.717, 1.165) is 6.04 Å². The molecule has 0 spiro atoms. The molecule has 1 heteroatoms. The number of hydrogen-bond acceptors (Lipinski definition) is 1. The summed E-state index contributed by atoms with van der Waals surface area (Å²) in [6.07, 6.45) is 7.08. The molecule has 2 rings (SSSR count). The molecular weight excluding hydrogens is 158 g/mol. The van der Waals surface area contributed by atoms with Crippen LogP contribution in [0.4, 0.5) is 0 Å². The third-order valence-electron chi connectivity index (χ3n) is 4.88. The van der Waals surface area contributed by atoms with Crippen LogP contribution in [0.5, 0.6) is 0 Å². The zero-order chi connectivity index (χ0) is 9.53. The van der Waals surface area contributed by atoms with Gasteiger partial charge in [-0.05, 0) is 36.5 Å². The molecule has 0 unspecified atom stereocenters. The molecule has 1 saturated carbocycles. The maximum atomic E-state index is 3.67. The molecule has 2 atom stereocenters. The largest absolute Gasteiger partial charge is 0.313 e. The summed E-state index contributed by atoms with van der Waals surface area (Å²) in [6.45, 7) is 8.54. The molecule has 0 aromatic heterocycles. The fraction of sp³-hybridized carbons (Fsp3) is 1.00. The van der Waals surface area contributed by atoms with Gasteiger partial charge in [-0.1, -0.05) is 27.2 Å². The lowest BCUT2D eigenvalue weighted by Gasteiger charge is -2.51. The first-order valence-electron chi connectivity index (χ1n) is 5.83. The van der Waals surface area contributed by atoms with Crippen LogP contribution in [0.2, 0.25) is 0 Å². The summed E-state index contributed by atoms with van der Waals surface area (Å²) in [5, 5.41) is 3.67. The molecule has 0 amide bonds. The monoisotopic (exact) mass is 181 g/mol. The van der Waals surface area contributed by atoms with E-state index in [2.05, 4.69) is 26.1 Å². The Morgan fingerprint density at radius 2 is 1.92 bits per heavy atom. The average Bonchev–Trinajstić information content (AvgIpc) is 2.44. The Labute approximate surface area is 82.3 Å². The molecule has 1 saturated heterocycles. The minimum Gasteiger partial charge on any atom is -0.313 e. The van der Waals surface area contributed by atoms with E-state index in [1.807, 2.05) is 0 Å². The van der Waals surface area contributed by atoms with Gasteiger partial charge in [0, 0.05) is 12.6 Å². The minimum absolute atomic E-state index is 0.589. The average molecular weight is 181 g/mol. The second kappa shape index (κ2) is 2.98. The van der Waals surface area contributed by atoms with Crippen molar-refractivity contribution in [1.82, 2.24) is 5.32 Å². The van der Waals surface area contributed by atoms with E-state index in [0.29, 0.717) is 10.8 Å². The molecule has 13 heavy (non-hydrogen) atoms. The lowest BCUT2D eigenvalue weighted by Crippen LogP contribution is -2.44. The summed E-state index contributed by atoms with van der Waals surface area (Å²) in [5.74, 6) is 0. The Morgan fingerprint density at radius 1 is 1.23 bits per heavy atom. The van der Waals surface area contributed by atoms with Crippen LogP contribution in [0, 0.1) is 10.8 Å². The van der Waals surface area contributed by atoms with E-state index in [4.69, 9.17) is 0 Å². The van der Waals surface area contributed by atoms with Crippen molar-refractivity contribution in [2.24, 2.45) is 10.8 Å². The summed E-state index contributed by atoms with van der Waals surface area (Å²) >= 11 is 0. The summed E-state index contributed by atoms with van der Waals surface area (Å²) in [7, 11) is 0. The van der Waals surface area contributed by atoms with Gasteiger partial charge in [-0.15, -0.1) is 0 Å². The van der Waals surface area contributed by atoms with Gasteiger partial charge in [-0.3, -0.25) is 0 Å². The van der Waals surface area contributed by atoms with Gasteiger partial charge < -0.3 is 5.32 Å². The van der Waals surface area contributed by atoms with E-state index >= 15 is 0 Å². The van der Waals surface area contributed by atoms with Crippen molar-refractivity contribution in [3.63, 3.8) is 0 Å². The third-order valence-corrected chi connectivity index (χ3v) is 4.88. The summed E-state index contributed by atoms with van der Waals surface area (Å²) < 4.78 is 0. The van der Waals surface area contributed by atoms with Crippen molar-refractivity contribution in [2.45, 2.75) is 58.9 Å². The van der Waals surface area contributed by atoms with E-state index in [1.54, 1.807) is 0 Å². The molecule has 1 heterocycles. The Balaban J connectivity index is 2.05. The van der Waals surface area contributed by atoms with Crippen molar-refractivity contribution >= 4 is 0 Å². The molecule has 0 aromatic carbocycles. The predicted molar refractivity (Wildman–Crippen MR) is 56.8 cm³/mol. The van der Waals surface area contributed by atoms with Crippen molar-refractivity contribution in [1.29, 1.82) is 0 Å². The van der Waals surface area contributed by atoms with Crippen LogP contribution in [0.3, 0.4) is 0 Å². The lowest BCUT2D eigenvalue weighted by atomic mass is 9.54. The maximum Gasteiger partial charge on any atom is 0.00705 e. The fourth-order valence-electron chi connectivity index (χ4n) is 3.12. The van der Waals surface area contributed by atoms with Gasteiger partial charge in [0.2, 0.25) is 0 Å².